The van der Waals surface area contributed by atoms with E-state index < -0.39 is 0 Å². The number of hydrogen-bond donors (Lipinski definition) is 1. The number of hydrogen-bond acceptors (Lipinski definition) is 2. The van der Waals surface area contributed by atoms with Gasteiger partial charge in [-0.1, -0.05) is 45.0 Å². The third-order valence-corrected chi connectivity index (χ3v) is 3.33. The van der Waals surface area contributed by atoms with Crippen LogP contribution in [-0.2, 0) is 19.5 Å². The zero-order chi connectivity index (χ0) is 14.4. The monoisotopic (exact) mass is 271 g/mol. The molecule has 0 saturated carbocycles. The van der Waals surface area contributed by atoms with E-state index in [1.165, 1.54) is 11.1 Å². The Kier molecular flexibility index (Phi) is 5.36. The average Bonchev–Trinajstić information content (AvgIpc) is 2.85. The minimum Gasteiger partial charge on any atom is -0.335 e. The van der Waals surface area contributed by atoms with Gasteiger partial charge in [0.15, 0.2) is 0 Å². The van der Waals surface area contributed by atoms with Gasteiger partial charge in [-0.2, -0.15) is 0 Å². The molecule has 20 heavy (non-hydrogen) atoms. The summed E-state index contributed by atoms with van der Waals surface area (Å²) in [5.74, 6) is 1.15. The van der Waals surface area contributed by atoms with E-state index in [9.17, 15) is 0 Å². The molecule has 2 rings (SSSR count). The number of aromatic nitrogens is 2. The van der Waals surface area contributed by atoms with E-state index in [-0.39, 0.29) is 0 Å². The molecule has 0 aliphatic heterocycles. The highest BCUT2D eigenvalue weighted by Crippen LogP contribution is 2.11. The Morgan fingerprint density at radius 3 is 2.80 bits per heavy atom. The maximum atomic E-state index is 4.48. The Hall–Kier alpha value is -1.61. The molecule has 0 unspecified atom stereocenters. The Labute approximate surface area is 122 Å². The molecule has 0 amide bonds. The maximum Gasteiger partial charge on any atom is 0.113 e. The lowest BCUT2D eigenvalue weighted by Gasteiger charge is -2.10. The van der Waals surface area contributed by atoms with Gasteiger partial charge in [-0.15, -0.1) is 0 Å². The first-order valence-corrected chi connectivity index (χ1v) is 7.50. The molecule has 0 fully saturated rings. The summed E-state index contributed by atoms with van der Waals surface area (Å²) in [6.07, 6.45) is 6.02. The normalized spacial score (nSPS) is 11.2. The summed E-state index contributed by atoms with van der Waals surface area (Å²) in [4.78, 5) is 4.48. The SMILES string of the molecule is CCCn1ccnc1Cc1cccc(CNC(C)C)c1. The summed E-state index contributed by atoms with van der Waals surface area (Å²) in [6, 6.07) is 9.29. The quantitative estimate of drug-likeness (QED) is 0.836. The molecule has 0 spiro atoms. The average molecular weight is 271 g/mol. The van der Waals surface area contributed by atoms with Crippen LogP contribution >= 0.6 is 0 Å². The van der Waals surface area contributed by atoms with Gasteiger partial charge in [0, 0.05) is 37.9 Å². The van der Waals surface area contributed by atoms with Gasteiger partial charge >= 0.3 is 0 Å². The van der Waals surface area contributed by atoms with Gasteiger partial charge in [-0.05, 0) is 17.5 Å². The third kappa shape index (κ3) is 4.20. The molecular weight excluding hydrogens is 246 g/mol. The molecular formula is C17H25N3. The molecule has 1 aromatic carbocycles. The van der Waals surface area contributed by atoms with Gasteiger partial charge < -0.3 is 9.88 Å². The van der Waals surface area contributed by atoms with E-state index in [2.05, 4.69) is 66.1 Å². The molecule has 0 saturated heterocycles. The molecule has 0 bridgehead atoms. The van der Waals surface area contributed by atoms with Gasteiger partial charge in [-0.25, -0.2) is 4.98 Å². The van der Waals surface area contributed by atoms with E-state index in [4.69, 9.17) is 0 Å². The maximum absolute atomic E-state index is 4.48. The second-order valence-electron chi connectivity index (χ2n) is 5.57. The van der Waals surface area contributed by atoms with Gasteiger partial charge in [0.25, 0.3) is 0 Å². The highest BCUT2D eigenvalue weighted by atomic mass is 15.1. The smallest absolute Gasteiger partial charge is 0.113 e. The van der Waals surface area contributed by atoms with Crippen LogP contribution in [-0.4, -0.2) is 15.6 Å². The summed E-state index contributed by atoms with van der Waals surface area (Å²) in [5, 5.41) is 3.46. The fourth-order valence-corrected chi connectivity index (χ4v) is 2.31. The standard InChI is InChI=1S/C17H25N3/c1-4-9-20-10-8-18-17(20)12-15-6-5-7-16(11-15)13-19-14(2)3/h5-8,10-11,14,19H,4,9,12-13H2,1-3H3. The Morgan fingerprint density at radius 1 is 1.25 bits per heavy atom. The molecule has 108 valence electrons. The van der Waals surface area contributed by atoms with Crippen LogP contribution in [0.1, 0.15) is 44.1 Å². The zero-order valence-corrected chi connectivity index (χ0v) is 12.8. The molecule has 0 aliphatic carbocycles. The van der Waals surface area contributed by atoms with Crippen molar-refractivity contribution in [1.82, 2.24) is 14.9 Å². The Bertz CT molecular complexity index is 529. The zero-order valence-electron chi connectivity index (χ0n) is 12.8. The molecule has 2 aromatic rings. The summed E-state index contributed by atoms with van der Waals surface area (Å²) < 4.78 is 2.25. The summed E-state index contributed by atoms with van der Waals surface area (Å²) in [6.45, 7) is 8.51. The minimum atomic E-state index is 0.516. The van der Waals surface area contributed by atoms with Crippen LogP contribution < -0.4 is 5.32 Å². The fourth-order valence-electron chi connectivity index (χ4n) is 2.31. The number of aryl methyl sites for hydroxylation is 1. The van der Waals surface area contributed by atoms with Crippen molar-refractivity contribution in [2.24, 2.45) is 0 Å². The molecule has 0 radical (unpaired) electrons. The topological polar surface area (TPSA) is 29.9 Å². The minimum absolute atomic E-state index is 0.516. The summed E-state index contributed by atoms with van der Waals surface area (Å²) in [5.41, 5.74) is 2.67. The van der Waals surface area contributed by atoms with E-state index in [0.717, 1.165) is 31.8 Å². The van der Waals surface area contributed by atoms with Crippen LogP contribution in [0.3, 0.4) is 0 Å². The Morgan fingerprint density at radius 2 is 2.05 bits per heavy atom. The number of imidazole rings is 1. The molecule has 1 aromatic heterocycles. The molecule has 1 N–H and O–H groups in total. The van der Waals surface area contributed by atoms with Crippen molar-refractivity contribution in [2.75, 3.05) is 0 Å². The lowest BCUT2D eigenvalue weighted by molar-refractivity contribution is 0.588. The van der Waals surface area contributed by atoms with Crippen molar-refractivity contribution < 1.29 is 0 Å². The largest absolute Gasteiger partial charge is 0.335 e. The first kappa shape index (κ1) is 14.8. The molecule has 3 heteroatoms. The van der Waals surface area contributed by atoms with Crippen LogP contribution in [0.5, 0.6) is 0 Å². The van der Waals surface area contributed by atoms with Crippen LogP contribution in [0.2, 0.25) is 0 Å². The first-order valence-electron chi connectivity index (χ1n) is 7.50. The second kappa shape index (κ2) is 7.25. The Balaban J connectivity index is 2.05. The molecule has 3 nitrogen and oxygen atoms in total. The summed E-state index contributed by atoms with van der Waals surface area (Å²) >= 11 is 0. The van der Waals surface area contributed by atoms with Crippen molar-refractivity contribution in [1.29, 1.82) is 0 Å². The number of nitrogens with zero attached hydrogens (tertiary/aromatic N) is 2. The lowest BCUT2D eigenvalue weighted by atomic mass is 10.1. The summed E-state index contributed by atoms with van der Waals surface area (Å²) in [7, 11) is 0. The van der Waals surface area contributed by atoms with Crippen LogP contribution in [0.15, 0.2) is 36.7 Å². The predicted molar refractivity (Wildman–Crippen MR) is 83.7 cm³/mol. The van der Waals surface area contributed by atoms with Crippen LogP contribution in [0.25, 0.3) is 0 Å². The van der Waals surface area contributed by atoms with E-state index in [1.54, 1.807) is 0 Å². The number of rotatable bonds is 7. The number of nitrogens with one attached hydrogen (secondary N) is 1. The van der Waals surface area contributed by atoms with Crippen molar-refractivity contribution in [3.05, 3.63) is 53.6 Å². The van der Waals surface area contributed by atoms with Gasteiger partial charge in [0.1, 0.15) is 5.82 Å². The molecule has 0 aliphatic rings. The third-order valence-electron chi connectivity index (χ3n) is 3.33. The molecule has 1 heterocycles. The van der Waals surface area contributed by atoms with Crippen molar-refractivity contribution in [3.8, 4) is 0 Å². The highest BCUT2D eigenvalue weighted by Gasteiger charge is 2.04. The molecule has 0 atom stereocenters. The highest BCUT2D eigenvalue weighted by molar-refractivity contribution is 5.26. The second-order valence-corrected chi connectivity index (χ2v) is 5.57. The van der Waals surface area contributed by atoms with Crippen molar-refractivity contribution in [2.45, 2.75) is 52.7 Å². The number of benzene rings is 1. The first-order chi connectivity index (χ1) is 9.69. The van der Waals surface area contributed by atoms with Crippen molar-refractivity contribution >= 4 is 0 Å². The van der Waals surface area contributed by atoms with Crippen molar-refractivity contribution in [3.63, 3.8) is 0 Å². The van der Waals surface area contributed by atoms with Crippen LogP contribution in [0.4, 0.5) is 0 Å². The van der Waals surface area contributed by atoms with E-state index in [0.29, 0.717) is 6.04 Å². The van der Waals surface area contributed by atoms with E-state index in [1.807, 2.05) is 6.20 Å². The fraction of sp³-hybridized carbons (Fsp3) is 0.471. The lowest BCUT2D eigenvalue weighted by Crippen LogP contribution is -2.21. The predicted octanol–water partition coefficient (Wildman–Crippen LogP) is 3.38. The van der Waals surface area contributed by atoms with E-state index >= 15 is 0 Å². The van der Waals surface area contributed by atoms with Gasteiger partial charge in [-0.3, -0.25) is 0 Å². The van der Waals surface area contributed by atoms with Crippen LogP contribution in [0, 0.1) is 0 Å². The van der Waals surface area contributed by atoms with Gasteiger partial charge in [0.05, 0.1) is 0 Å². The van der Waals surface area contributed by atoms with Gasteiger partial charge in [0.2, 0.25) is 0 Å².